The molecule has 0 fully saturated rings. The second-order valence-electron chi connectivity index (χ2n) is 5.19. The minimum Gasteiger partial charge on any atom is -0.253 e. The van der Waals surface area contributed by atoms with Gasteiger partial charge >= 0.3 is 0 Å². The average Bonchev–Trinajstić information content (AvgIpc) is 2.59. The van der Waals surface area contributed by atoms with Gasteiger partial charge in [-0.1, -0.05) is 24.3 Å². The molecule has 0 radical (unpaired) electrons. The highest BCUT2D eigenvalue weighted by molar-refractivity contribution is 5.71. The predicted octanol–water partition coefficient (Wildman–Crippen LogP) is 1.11. The summed E-state index contributed by atoms with van der Waals surface area (Å²) in [4.78, 5) is 0. The Bertz CT molecular complexity index is 894. The third kappa shape index (κ3) is 3.20. The van der Waals surface area contributed by atoms with Gasteiger partial charge in [0.05, 0.1) is 0 Å². The van der Waals surface area contributed by atoms with Crippen LogP contribution in [0.1, 0.15) is 0 Å². The molecule has 1 aromatic carbocycles. The van der Waals surface area contributed by atoms with Crippen LogP contribution in [0, 0.1) is 0 Å². The number of nitrogens with one attached hydrogen (secondary N) is 1. The fourth-order valence-electron chi connectivity index (χ4n) is 2.38. The van der Waals surface area contributed by atoms with Crippen molar-refractivity contribution in [2.24, 2.45) is 11.7 Å². The van der Waals surface area contributed by atoms with Crippen LogP contribution >= 0.6 is 0 Å². The van der Waals surface area contributed by atoms with Gasteiger partial charge in [0.1, 0.15) is 0 Å². The Labute approximate surface area is 139 Å². The average molecular weight is 351 g/mol. The van der Waals surface area contributed by atoms with Gasteiger partial charge in [0.25, 0.3) is 0 Å². The molecule has 3 rings (SSSR count). The number of halogens is 4. The summed E-state index contributed by atoms with van der Waals surface area (Å²) in [6, 6.07) is 6.29. The van der Waals surface area contributed by atoms with Crippen LogP contribution in [-0.2, 0) is 0 Å². The molecule has 1 aromatic rings. The second-order valence-corrected chi connectivity index (χ2v) is 5.19. The maximum Gasteiger partial charge on any atom is 0.212 e. The molecule has 2 heterocycles. The lowest BCUT2D eigenvalue weighted by molar-refractivity contribution is 0.195. The molecule has 25 heavy (non-hydrogen) atoms. The van der Waals surface area contributed by atoms with Gasteiger partial charge in [-0.15, -0.1) is 0 Å². The first-order valence-corrected chi connectivity index (χ1v) is 7.05. The Balaban J connectivity index is 2.08. The Kier molecular flexibility index (Phi) is 4.45. The van der Waals surface area contributed by atoms with Gasteiger partial charge in [0.15, 0.2) is 0 Å². The Hall–Kier alpha value is -2.88. The topological polar surface area (TPSA) is 70.5 Å². The zero-order chi connectivity index (χ0) is 18.1. The lowest BCUT2D eigenvalue weighted by atomic mass is 10.1. The molecule has 130 valence electrons. The fraction of sp³-hybridized carbons (Fsp3) is 0. The van der Waals surface area contributed by atoms with E-state index in [2.05, 4.69) is 0 Å². The third-order valence-electron chi connectivity index (χ3n) is 3.67. The van der Waals surface area contributed by atoms with Crippen molar-refractivity contribution < 1.29 is 17.6 Å². The minimum atomic E-state index is -0.940. The molecule has 0 aromatic heterocycles. The summed E-state index contributed by atoms with van der Waals surface area (Å²) in [5, 5.41) is 1.75. The molecule has 0 unspecified atom stereocenters. The first-order valence-electron chi connectivity index (χ1n) is 7.05. The van der Waals surface area contributed by atoms with Crippen molar-refractivity contribution in [2.45, 2.75) is 0 Å². The highest BCUT2D eigenvalue weighted by Gasteiger charge is 2.19. The SMILES string of the molecule is NNN1C(F)=CC(=c2ccc(=C3C=C(F)N(N)C(F)=C3)cc2)C=C1F. The standard InChI is InChI=1S/C16H13F4N5/c17-13-5-11(6-14(18)24(13)22)9-1-3-10(4-2-9)12-7-15(19)25(23-21)16(20)8-12/h1-8,23H,21-22H2. The normalized spacial score (nSPS) is 18.0. The summed E-state index contributed by atoms with van der Waals surface area (Å²) in [6.07, 6.45) is 4.35. The molecule has 0 aliphatic carbocycles. The van der Waals surface area contributed by atoms with Crippen molar-refractivity contribution in [3.8, 4) is 0 Å². The number of nitrogens with zero attached hydrogens (tertiary/aromatic N) is 2. The zero-order valence-electron chi connectivity index (χ0n) is 12.7. The second kappa shape index (κ2) is 6.55. The number of hydrogen-bond donors (Lipinski definition) is 3. The number of hydrogen-bond acceptors (Lipinski definition) is 5. The van der Waals surface area contributed by atoms with Gasteiger partial charge in [-0.25, -0.2) is 15.9 Å². The van der Waals surface area contributed by atoms with Crippen LogP contribution in [0.5, 0.6) is 0 Å². The van der Waals surface area contributed by atoms with Crippen molar-refractivity contribution in [1.82, 2.24) is 15.6 Å². The minimum absolute atomic E-state index is 0.276. The van der Waals surface area contributed by atoms with E-state index in [0.717, 1.165) is 24.3 Å². The van der Waals surface area contributed by atoms with Crippen molar-refractivity contribution in [2.75, 3.05) is 0 Å². The molecule has 2 aliphatic rings. The van der Waals surface area contributed by atoms with E-state index in [4.69, 9.17) is 11.7 Å². The van der Waals surface area contributed by atoms with Crippen molar-refractivity contribution >= 4 is 11.1 Å². The van der Waals surface area contributed by atoms with E-state index < -0.39 is 23.8 Å². The Morgan fingerprint density at radius 2 is 1.04 bits per heavy atom. The highest BCUT2D eigenvalue weighted by atomic mass is 19.2. The van der Waals surface area contributed by atoms with E-state index in [1.807, 2.05) is 5.53 Å². The van der Waals surface area contributed by atoms with Crippen molar-refractivity contribution in [3.05, 3.63) is 82.8 Å². The van der Waals surface area contributed by atoms with E-state index in [1.54, 1.807) is 24.3 Å². The van der Waals surface area contributed by atoms with Crippen LogP contribution in [0.2, 0.25) is 0 Å². The predicted molar refractivity (Wildman–Crippen MR) is 84.5 cm³/mol. The Morgan fingerprint density at radius 1 is 0.680 bits per heavy atom. The largest absolute Gasteiger partial charge is 0.253 e. The summed E-state index contributed by atoms with van der Waals surface area (Å²) >= 11 is 0. The van der Waals surface area contributed by atoms with E-state index in [0.29, 0.717) is 15.4 Å². The molecular weight excluding hydrogens is 338 g/mol. The monoisotopic (exact) mass is 351 g/mol. The molecule has 0 bridgehead atoms. The lowest BCUT2D eigenvalue weighted by Crippen LogP contribution is -2.40. The van der Waals surface area contributed by atoms with E-state index in [-0.39, 0.29) is 16.2 Å². The summed E-state index contributed by atoms with van der Waals surface area (Å²) < 4.78 is 54.6. The summed E-state index contributed by atoms with van der Waals surface area (Å²) in [5.74, 6) is 6.47. The van der Waals surface area contributed by atoms with Crippen LogP contribution in [0.15, 0.2) is 72.4 Å². The summed E-state index contributed by atoms with van der Waals surface area (Å²) in [5.41, 5.74) is 2.42. The maximum absolute atomic E-state index is 13.8. The van der Waals surface area contributed by atoms with Crippen LogP contribution in [-0.4, -0.2) is 10.0 Å². The molecule has 0 amide bonds. The highest BCUT2D eigenvalue weighted by Crippen LogP contribution is 2.23. The van der Waals surface area contributed by atoms with Crippen LogP contribution < -0.4 is 27.7 Å². The first kappa shape index (κ1) is 17.0. The third-order valence-corrected chi connectivity index (χ3v) is 3.67. The maximum atomic E-state index is 13.8. The molecule has 0 spiro atoms. The van der Waals surface area contributed by atoms with E-state index in [1.165, 1.54) is 0 Å². The first-order chi connectivity index (χ1) is 11.9. The van der Waals surface area contributed by atoms with E-state index >= 15 is 0 Å². The fourth-order valence-corrected chi connectivity index (χ4v) is 2.38. The molecule has 5 nitrogen and oxygen atoms in total. The zero-order valence-corrected chi connectivity index (χ0v) is 12.7. The number of allylic oxidation sites excluding steroid dienone is 4. The van der Waals surface area contributed by atoms with Gasteiger partial charge in [0, 0.05) is 24.3 Å². The van der Waals surface area contributed by atoms with Crippen molar-refractivity contribution in [1.29, 1.82) is 0 Å². The molecular formula is C16H13F4N5. The van der Waals surface area contributed by atoms with Gasteiger partial charge in [0.2, 0.25) is 23.8 Å². The molecule has 0 saturated heterocycles. The van der Waals surface area contributed by atoms with Crippen molar-refractivity contribution in [3.63, 3.8) is 0 Å². The molecule has 0 atom stereocenters. The van der Waals surface area contributed by atoms with E-state index in [9.17, 15) is 17.6 Å². The molecule has 0 saturated carbocycles. The van der Waals surface area contributed by atoms with Crippen LogP contribution in [0.4, 0.5) is 17.6 Å². The summed E-state index contributed by atoms with van der Waals surface area (Å²) in [7, 11) is 0. The van der Waals surface area contributed by atoms with Crippen LogP contribution in [0.25, 0.3) is 11.1 Å². The number of nitrogens with two attached hydrogens (primary N) is 2. The summed E-state index contributed by atoms with van der Waals surface area (Å²) in [6.45, 7) is 0. The van der Waals surface area contributed by atoms with Gasteiger partial charge in [-0.05, 0) is 21.6 Å². The molecule has 9 heteroatoms. The molecule has 2 aliphatic heterocycles. The quantitative estimate of drug-likeness (QED) is 0.306. The number of rotatable bonds is 1. The Morgan fingerprint density at radius 3 is 1.40 bits per heavy atom. The van der Waals surface area contributed by atoms with Gasteiger partial charge in [-0.3, -0.25) is 5.84 Å². The smallest absolute Gasteiger partial charge is 0.212 e. The van der Waals surface area contributed by atoms with Crippen LogP contribution in [0.3, 0.4) is 0 Å². The molecule has 5 N–H and O–H groups in total. The number of hydrazine groups is 3. The lowest BCUT2D eigenvalue weighted by Gasteiger charge is -2.21. The van der Waals surface area contributed by atoms with Gasteiger partial charge < -0.3 is 0 Å². The number of benzene rings is 1. The van der Waals surface area contributed by atoms with Gasteiger partial charge in [-0.2, -0.15) is 23.1 Å².